The van der Waals surface area contributed by atoms with Gasteiger partial charge in [0.25, 0.3) is 0 Å². The number of hydrogen-bond acceptors (Lipinski definition) is 4. The number of amides is 2. The second-order valence-corrected chi connectivity index (χ2v) is 10.1. The Morgan fingerprint density at radius 2 is 1.45 bits per heavy atom. The molecule has 6 heteroatoms. The molecular formula is C25H21N3OS2. The van der Waals surface area contributed by atoms with Crippen molar-refractivity contribution in [3.63, 3.8) is 0 Å². The number of aromatic nitrogens is 1. The molecule has 4 aromatic rings. The van der Waals surface area contributed by atoms with Crippen LogP contribution in [0.1, 0.15) is 23.8 Å². The molecule has 154 valence electrons. The van der Waals surface area contributed by atoms with Crippen molar-refractivity contribution in [3.8, 4) is 0 Å². The molecule has 1 saturated heterocycles. The van der Waals surface area contributed by atoms with Crippen molar-refractivity contribution >= 4 is 50.7 Å². The monoisotopic (exact) mass is 443 g/mol. The van der Waals surface area contributed by atoms with E-state index in [1.54, 1.807) is 23.1 Å². The molecule has 3 aromatic carbocycles. The SMILES string of the molecule is O=C(N1CCC(c2nc3ccccc3s2)CC1)N1c2ccccc2Sc2ccccc21. The number of carbonyl (C=O) groups excluding carboxylic acids is 1. The van der Waals surface area contributed by atoms with Crippen LogP contribution in [0.5, 0.6) is 0 Å². The van der Waals surface area contributed by atoms with Gasteiger partial charge in [0, 0.05) is 28.8 Å². The molecule has 2 amide bonds. The lowest BCUT2D eigenvalue weighted by atomic mass is 9.98. The van der Waals surface area contributed by atoms with Gasteiger partial charge in [-0.25, -0.2) is 9.78 Å². The Morgan fingerprint density at radius 3 is 2.13 bits per heavy atom. The van der Waals surface area contributed by atoms with Crippen LogP contribution >= 0.6 is 23.1 Å². The van der Waals surface area contributed by atoms with Crippen molar-refractivity contribution in [1.29, 1.82) is 0 Å². The molecule has 0 radical (unpaired) electrons. The lowest BCUT2D eigenvalue weighted by molar-refractivity contribution is 0.190. The minimum absolute atomic E-state index is 0.0722. The van der Waals surface area contributed by atoms with Crippen molar-refractivity contribution in [3.05, 3.63) is 77.8 Å². The zero-order valence-corrected chi connectivity index (χ0v) is 18.5. The highest BCUT2D eigenvalue weighted by Crippen LogP contribution is 2.48. The minimum Gasteiger partial charge on any atom is -0.324 e. The van der Waals surface area contributed by atoms with Crippen molar-refractivity contribution in [2.24, 2.45) is 0 Å². The van der Waals surface area contributed by atoms with Gasteiger partial charge < -0.3 is 4.90 Å². The lowest BCUT2D eigenvalue weighted by Crippen LogP contribution is -2.45. The zero-order chi connectivity index (χ0) is 20.8. The molecule has 0 spiro atoms. The fourth-order valence-electron chi connectivity index (χ4n) is 4.43. The third-order valence-electron chi connectivity index (χ3n) is 6.05. The predicted octanol–water partition coefficient (Wildman–Crippen LogP) is 6.90. The third-order valence-corrected chi connectivity index (χ3v) is 8.38. The maximum Gasteiger partial charge on any atom is 0.329 e. The summed E-state index contributed by atoms with van der Waals surface area (Å²) in [5, 5.41) is 1.21. The Morgan fingerprint density at radius 1 is 0.839 bits per heavy atom. The standard InChI is InChI=1S/C25H21N3OS2/c29-25(28-19-8-2-5-11-22(19)30-23-12-6-3-9-20(23)28)27-15-13-17(14-16-27)24-26-18-7-1-4-10-21(18)31-24/h1-12,17H,13-16H2. The number of likely N-dealkylation sites (tertiary alicyclic amines) is 1. The summed E-state index contributed by atoms with van der Waals surface area (Å²) in [6, 6.07) is 24.8. The molecule has 3 heterocycles. The average molecular weight is 444 g/mol. The molecule has 1 fully saturated rings. The van der Waals surface area contributed by atoms with Gasteiger partial charge in [-0.1, -0.05) is 48.2 Å². The molecule has 0 unspecified atom stereocenters. The first kappa shape index (κ1) is 18.9. The Labute approximate surface area is 189 Å². The van der Waals surface area contributed by atoms with E-state index in [2.05, 4.69) is 30.3 Å². The normalized spacial score (nSPS) is 16.3. The summed E-state index contributed by atoms with van der Waals surface area (Å²) in [5.74, 6) is 0.429. The largest absolute Gasteiger partial charge is 0.329 e. The number of carbonyl (C=O) groups is 1. The van der Waals surface area contributed by atoms with Crippen LogP contribution < -0.4 is 4.90 Å². The van der Waals surface area contributed by atoms with Crippen LogP contribution in [0, 0.1) is 0 Å². The van der Waals surface area contributed by atoms with Crippen LogP contribution in [0.25, 0.3) is 10.2 Å². The molecule has 6 rings (SSSR count). The highest BCUT2D eigenvalue weighted by Gasteiger charge is 2.33. The predicted molar refractivity (Wildman–Crippen MR) is 128 cm³/mol. The first-order chi connectivity index (χ1) is 15.3. The second-order valence-electron chi connectivity index (χ2n) is 7.94. The van der Waals surface area contributed by atoms with E-state index in [1.807, 2.05) is 52.3 Å². The van der Waals surface area contributed by atoms with E-state index in [0.29, 0.717) is 5.92 Å². The Kier molecular flexibility index (Phi) is 4.69. The second kappa shape index (κ2) is 7.70. The summed E-state index contributed by atoms with van der Waals surface area (Å²) in [7, 11) is 0. The number of anilines is 2. The number of thiazole rings is 1. The maximum absolute atomic E-state index is 13.7. The van der Waals surface area contributed by atoms with E-state index in [1.165, 1.54) is 9.71 Å². The van der Waals surface area contributed by atoms with Crippen molar-refractivity contribution in [2.45, 2.75) is 28.6 Å². The van der Waals surface area contributed by atoms with Gasteiger partial charge >= 0.3 is 6.03 Å². The number of rotatable bonds is 1. The van der Waals surface area contributed by atoms with E-state index in [0.717, 1.165) is 52.6 Å². The molecule has 0 saturated carbocycles. The molecule has 0 aliphatic carbocycles. The molecule has 1 aromatic heterocycles. The van der Waals surface area contributed by atoms with Crippen LogP contribution in [-0.2, 0) is 0 Å². The molecule has 31 heavy (non-hydrogen) atoms. The molecule has 0 N–H and O–H groups in total. The van der Waals surface area contributed by atoms with Crippen LogP contribution in [0.4, 0.5) is 16.2 Å². The molecule has 0 atom stereocenters. The topological polar surface area (TPSA) is 36.4 Å². The minimum atomic E-state index is 0.0722. The number of piperidine rings is 1. The van der Waals surface area contributed by atoms with Gasteiger partial charge in [0.1, 0.15) is 0 Å². The fraction of sp³-hybridized carbons (Fsp3) is 0.200. The van der Waals surface area contributed by atoms with Gasteiger partial charge in [-0.2, -0.15) is 0 Å². The molecule has 4 nitrogen and oxygen atoms in total. The van der Waals surface area contributed by atoms with Gasteiger partial charge in [0.15, 0.2) is 0 Å². The van der Waals surface area contributed by atoms with Gasteiger partial charge in [0.2, 0.25) is 0 Å². The third kappa shape index (κ3) is 3.30. The number of benzene rings is 3. The molecule has 2 aliphatic rings. The number of hydrogen-bond donors (Lipinski definition) is 0. The smallest absolute Gasteiger partial charge is 0.324 e. The molecular weight excluding hydrogens is 422 g/mol. The average Bonchev–Trinajstić information content (AvgIpc) is 3.26. The van der Waals surface area contributed by atoms with Gasteiger partial charge in [-0.3, -0.25) is 4.90 Å². The van der Waals surface area contributed by atoms with Gasteiger partial charge in [-0.15, -0.1) is 11.3 Å². The zero-order valence-electron chi connectivity index (χ0n) is 16.9. The summed E-state index contributed by atoms with van der Waals surface area (Å²) in [6.45, 7) is 1.51. The van der Waals surface area contributed by atoms with Crippen molar-refractivity contribution in [1.82, 2.24) is 9.88 Å². The van der Waals surface area contributed by atoms with Crippen molar-refractivity contribution in [2.75, 3.05) is 18.0 Å². The van der Waals surface area contributed by atoms with Gasteiger partial charge in [0.05, 0.1) is 26.6 Å². The van der Waals surface area contributed by atoms with E-state index in [-0.39, 0.29) is 6.03 Å². The lowest BCUT2D eigenvalue weighted by Gasteiger charge is -2.38. The van der Waals surface area contributed by atoms with Crippen LogP contribution in [0.3, 0.4) is 0 Å². The Hall–Kier alpha value is -2.83. The summed E-state index contributed by atoms with van der Waals surface area (Å²) in [5.41, 5.74) is 3.04. The number of nitrogens with zero attached hydrogens (tertiary/aromatic N) is 3. The first-order valence-electron chi connectivity index (χ1n) is 10.6. The highest BCUT2D eigenvalue weighted by molar-refractivity contribution is 7.99. The number of para-hydroxylation sites is 3. The van der Waals surface area contributed by atoms with Crippen LogP contribution in [0.15, 0.2) is 82.6 Å². The summed E-state index contributed by atoms with van der Waals surface area (Å²) in [6.07, 6.45) is 1.91. The quantitative estimate of drug-likeness (QED) is 0.321. The van der Waals surface area contributed by atoms with E-state index >= 15 is 0 Å². The van der Waals surface area contributed by atoms with E-state index < -0.39 is 0 Å². The van der Waals surface area contributed by atoms with Crippen LogP contribution in [0.2, 0.25) is 0 Å². The fourth-order valence-corrected chi connectivity index (χ4v) is 6.63. The first-order valence-corrected chi connectivity index (χ1v) is 12.2. The van der Waals surface area contributed by atoms with E-state index in [9.17, 15) is 4.79 Å². The summed E-state index contributed by atoms with van der Waals surface area (Å²) < 4.78 is 1.25. The molecule has 0 bridgehead atoms. The van der Waals surface area contributed by atoms with E-state index in [4.69, 9.17) is 4.98 Å². The molecule has 2 aliphatic heterocycles. The number of urea groups is 1. The summed E-state index contributed by atoms with van der Waals surface area (Å²) in [4.78, 5) is 24.7. The Bertz CT molecular complexity index is 1200. The van der Waals surface area contributed by atoms with Gasteiger partial charge in [-0.05, 0) is 49.2 Å². The Balaban J connectivity index is 1.25. The number of fused-ring (bicyclic) bond motifs is 3. The van der Waals surface area contributed by atoms with Crippen molar-refractivity contribution < 1.29 is 4.79 Å². The maximum atomic E-state index is 13.7. The highest BCUT2D eigenvalue weighted by atomic mass is 32.2. The van der Waals surface area contributed by atoms with Crippen LogP contribution in [-0.4, -0.2) is 29.0 Å². The summed E-state index contributed by atoms with van der Waals surface area (Å²) >= 11 is 3.53.